The average molecular weight is 285 g/mol. The Hall–Kier alpha value is -0.620. The highest BCUT2D eigenvalue weighted by atomic mass is 32.2. The number of thiocarbonyl (C=S) groups is 1. The van der Waals surface area contributed by atoms with E-state index in [2.05, 4.69) is 35.8 Å². The SMILES string of the molecule is CC(C)c1noc(C(C)SC(=S)N2CCCC2)n1. The van der Waals surface area contributed by atoms with Crippen LogP contribution >= 0.6 is 24.0 Å². The van der Waals surface area contributed by atoms with Crippen LogP contribution in [0, 0.1) is 0 Å². The molecule has 1 unspecified atom stereocenters. The molecule has 100 valence electrons. The van der Waals surface area contributed by atoms with Gasteiger partial charge in [0.1, 0.15) is 4.32 Å². The molecule has 1 atom stereocenters. The second-order valence-electron chi connectivity index (χ2n) is 4.87. The van der Waals surface area contributed by atoms with Crippen molar-refractivity contribution in [1.82, 2.24) is 15.0 Å². The molecule has 0 amide bonds. The fourth-order valence-electron chi connectivity index (χ4n) is 1.82. The Labute approximate surface area is 118 Å². The quantitative estimate of drug-likeness (QED) is 0.793. The largest absolute Gasteiger partial charge is 0.358 e. The summed E-state index contributed by atoms with van der Waals surface area (Å²) in [6.07, 6.45) is 2.49. The lowest BCUT2D eigenvalue weighted by Gasteiger charge is -2.19. The Balaban J connectivity index is 1.93. The van der Waals surface area contributed by atoms with Crippen molar-refractivity contribution < 1.29 is 4.52 Å². The molecular formula is C12H19N3OS2. The van der Waals surface area contributed by atoms with Crippen LogP contribution in [0.3, 0.4) is 0 Å². The molecule has 1 aliphatic heterocycles. The van der Waals surface area contributed by atoms with Crippen molar-refractivity contribution in [3.8, 4) is 0 Å². The molecule has 2 rings (SSSR count). The second kappa shape index (κ2) is 6.02. The zero-order valence-corrected chi connectivity index (χ0v) is 12.7. The van der Waals surface area contributed by atoms with E-state index in [4.69, 9.17) is 16.7 Å². The topological polar surface area (TPSA) is 42.2 Å². The molecule has 6 heteroatoms. The maximum Gasteiger partial charge on any atom is 0.239 e. The van der Waals surface area contributed by atoms with E-state index >= 15 is 0 Å². The first kappa shape index (κ1) is 13.8. The maximum absolute atomic E-state index is 5.45. The van der Waals surface area contributed by atoms with E-state index in [1.54, 1.807) is 11.8 Å². The smallest absolute Gasteiger partial charge is 0.239 e. The minimum absolute atomic E-state index is 0.123. The fourth-order valence-corrected chi connectivity index (χ4v) is 3.27. The van der Waals surface area contributed by atoms with Gasteiger partial charge in [-0.05, 0) is 19.8 Å². The molecule has 1 saturated heterocycles. The Kier molecular flexibility index (Phi) is 4.61. The van der Waals surface area contributed by atoms with Crippen LogP contribution in [-0.4, -0.2) is 32.5 Å². The predicted molar refractivity (Wildman–Crippen MR) is 77.8 cm³/mol. The summed E-state index contributed by atoms with van der Waals surface area (Å²) in [5, 5.41) is 4.11. The molecule has 1 aromatic rings. The summed E-state index contributed by atoms with van der Waals surface area (Å²) in [5.74, 6) is 1.74. The molecule has 1 fully saturated rings. The van der Waals surface area contributed by atoms with Gasteiger partial charge in [-0.25, -0.2) is 0 Å². The summed E-state index contributed by atoms with van der Waals surface area (Å²) < 4.78 is 6.24. The number of aromatic nitrogens is 2. The summed E-state index contributed by atoms with van der Waals surface area (Å²) in [5.41, 5.74) is 0. The van der Waals surface area contributed by atoms with Gasteiger partial charge in [0.2, 0.25) is 5.89 Å². The van der Waals surface area contributed by atoms with Crippen LogP contribution in [0.2, 0.25) is 0 Å². The molecular weight excluding hydrogens is 266 g/mol. The van der Waals surface area contributed by atoms with Crippen LogP contribution in [0.25, 0.3) is 0 Å². The third kappa shape index (κ3) is 3.23. The maximum atomic E-state index is 5.45. The lowest BCUT2D eigenvalue weighted by atomic mass is 10.2. The molecule has 0 radical (unpaired) electrons. The van der Waals surface area contributed by atoms with E-state index < -0.39 is 0 Å². The molecule has 1 aliphatic rings. The third-order valence-corrected chi connectivity index (χ3v) is 4.53. The Morgan fingerprint density at radius 2 is 2.00 bits per heavy atom. The Bertz CT molecular complexity index is 413. The van der Waals surface area contributed by atoms with E-state index in [-0.39, 0.29) is 5.25 Å². The van der Waals surface area contributed by atoms with E-state index in [1.807, 2.05) is 0 Å². The first-order chi connectivity index (χ1) is 8.58. The van der Waals surface area contributed by atoms with E-state index in [0.29, 0.717) is 11.8 Å². The van der Waals surface area contributed by atoms with Gasteiger partial charge < -0.3 is 9.42 Å². The van der Waals surface area contributed by atoms with E-state index in [0.717, 1.165) is 23.2 Å². The number of thioether (sulfide) groups is 1. The van der Waals surface area contributed by atoms with Crippen LogP contribution in [0.15, 0.2) is 4.52 Å². The highest BCUT2D eigenvalue weighted by Crippen LogP contribution is 2.31. The lowest BCUT2D eigenvalue weighted by Crippen LogP contribution is -2.23. The summed E-state index contributed by atoms with van der Waals surface area (Å²) in [4.78, 5) is 6.67. The minimum Gasteiger partial charge on any atom is -0.358 e. The van der Waals surface area contributed by atoms with Crippen LogP contribution < -0.4 is 0 Å². The van der Waals surface area contributed by atoms with Crippen molar-refractivity contribution in [2.45, 2.75) is 44.8 Å². The zero-order chi connectivity index (χ0) is 13.1. The van der Waals surface area contributed by atoms with E-state index in [9.17, 15) is 0 Å². The van der Waals surface area contributed by atoms with Crippen molar-refractivity contribution in [3.63, 3.8) is 0 Å². The Morgan fingerprint density at radius 3 is 2.56 bits per heavy atom. The standard InChI is InChI=1S/C12H19N3OS2/c1-8(2)10-13-11(16-14-10)9(3)18-12(17)15-6-4-5-7-15/h8-9H,4-7H2,1-3H3. The van der Waals surface area contributed by atoms with Crippen molar-refractivity contribution in [3.05, 3.63) is 11.7 Å². The van der Waals surface area contributed by atoms with Gasteiger partial charge in [-0.15, -0.1) is 0 Å². The second-order valence-corrected chi connectivity index (χ2v) is 6.84. The van der Waals surface area contributed by atoms with Gasteiger partial charge in [0.05, 0.1) is 5.25 Å². The summed E-state index contributed by atoms with van der Waals surface area (Å²) in [6.45, 7) is 8.34. The molecule has 0 saturated carbocycles. The van der Waals surface area contributed by atoms with Gasteiger partial charge in [-0.3, -0.25) is 0 Å². The lowest BCUT2D eigenvalue weighted by molar-refractivity contribution is 0.373. The number of likely N-dealkylation sites (tertiary alicyclic amines) is 1. The van der Waals surface area contributed by atoms with Crippen molar-refractivity contribution in [2.24, 2.45) is 0 Å². The first-order valence-electron chi connectivity index (χ1n) is 6.37. The zero-order valence-electron chi connectivity index (χ0n) is 11.0. The minimum atomic E-state index is 0.123. The number of rotatable bonds is 3. The van der Waals surface area contributed by atoms with Crippen LogP contribution in [-0.2, 0) is 0 Å². The molecule has 0 aliphatic carbocycles. The Morgan fingerprint density at radius 1 is 1.33 bits per heavy atom. The summed E-state index contributed by atoms with van der Waals surface area (Å²) in [6, 6.07) is 0. The normalized spacial score (nSPS) is 17.4. The van der Waals surface area contributed by atoms with Gasteiger partial charge in [0, 0.05) is 19.0 Å². The van der Waals surface area contributed by atoms with Gasteiger partial charge in [-0.1, -0.05) is 43.0 Å². The molecule has 4 nitrogen and oxygen atoms in total. The fraction of sp³-hybridized carbons (Fsp3) is 0.750. The number of nitrogens with zero attached hydrogens (tertiary/aromatic N) is 3. The molecule has 1 aromatic heterocycles. The van der Waals surface area contributed by atoms with Crippen LogP contribution in [0.4, 0.5) is 0 Å². The number of hydrogen-bond acceptors (Lipinski definition) is 5. The van der Waals surface area contributed by atoms with Crippen molar-refractivity contribution >= 4 is 28.3 Å². The molecule has 0 spiro atoms. The average Bonchev–Trinajstić information content (AvgIpc) is 3.00. The third-order valence-electron chi connectivity index (χ3n) is 2.96. The summed E-state index contributed by atoms with van der Waals surface area (Å²) in [7, 11) is 0. The van der Waals surface area contributed by atoms with Gasteiger partial charge in [0.15, 0.2) is 5.82 Å². The van der Waals surface area contributed by atoms with Crippen LogP contribution in [0.5, 0.6) is 0 Å². The van der Waals surface area contributed by atoms with Crippen molar-refractivity contribution in [2.75, 3.05) is 13.1 Å². The molecule has 18 heavy (non-hydrogen) atoms. The van der Waals surface area contributed by atoms with Gasteiger partial charge in [-0.2, -0.15) is 4.98 Å². The van der Waals surface area contributed by atoms with Gasteiger partial charge in [0.25, 0.3) is 0 Å². The molecule has 0 aromatic carbocycles. The van der Waals surface area contributed by atoms with Crippen LogP contribution in [0.1, 0.15) is 56.5 Å². The highest BCUT2D eigenvalue weighted by Gasteiger charge is 2.22. The first-order valence-corrected chi connectivity index (χ1v) is 7.65. The van der Waals surface area contributed by atoms with Gasteiger partial charge >= 0.3 is 0 Å². The predicted octanol–water partition coefficient (Wildman–Crippen LogP) is 3.37. The molecule has 0 N–H and O–H groups in total. The highest BCUT2D eigenvalue weighted by molar-refractivity contribution is 8.23. The van der Waals surface area contributed by atoms with Crippen molar-refractivity contribution in [1.29, 1.82) is 0 Å². The van der Waals surface area contributed by atoms with E-state index in [1.165, 1.54) is 12.8 Å². The monoisotopic (exact) mass is 285 g/mol. The molecule has 2 heterocycles. The number of hydrogen-bond donors (Lipinski definition) is 0. The molecule has 0 bridgehead atoms. The summed E-state index contributed by atoms with van der Waals surface area (Å²) >= 11 is 7.08.